The molecule has 1 amide bonds. The van der Waals surface area contributed by atoms with Gasteiger partial charge in [-0.3, -0.25) is 4.79 Å². The molecule has 0 unspecified atom stereocenters. The SMILES string of the molecule is CC(C)(C)c1ccc(-c2nnc(-c3ccc(NC(=O)CSCc4ccccc4Cl)cc3)o2)cc1. The minimum absolute atomic E-state index is 0.0661. The third-order valence-corrected chi connectivity index (χ3v) is 6.64. The van der Waals surface area contributed by atoms with Gasteiger partial charge in [-0.25, -0.2) is 0 Å². The fourth-order valence-corrected chi connectivity index (χ4v) is 4.44. The van der Waals surface area contributed by atoms with Crippen molar-refractivity contribution in [1.82, 2.24) is 10.2 Å². The highest BCUT2D eigenvalue weighted by Gasteiger charge is 2.15. The third kappa shape index (κ3) is 6.07. The van der Waals surface area contributed by atoms with E-state index < -0.39 is 0 Å². The summed E-state index contributed by atoms with van der Waals surface area (Å²) in [4.78, 5) is 12.3. The molecular weight excluding hydrogens is 466 g/mol. The van der Waals surface area contributed by atoms with E-state index in [0.29, 0.717) is 29.0 Å². The van der Waals surface area contributed by atoms with Gasteiger partial charge in [-0.05, 0) is 59.0 Å². The zero-order chi connectivity index (χ0) is 24.1. The van der Waals surface area contributed by atoms with Crippen LogP contribution in [0, 0.1) is 0 Å². The molecular formula is C27H26ClN3O2S. The molecule has 4 rings (SSSR count). The summed E-state index contributed by atoms with van der Waals surface area (Å²) in [7, 11) is 0. The second kappa shape index (κ2) is 10.5. The van der Waals surface area contributed by atoms with Crippen molar-refractivity contribution < 1.29 is 9.21 Å². The zero-order valence-corrected chi connectivity index (χ0v) is 20.9. The summed E-state index contributed by atoms with van der Waals surface area (Å²) in [5.41, 5.74) is 4.74. The first-order valence-corrected chi connectivity index (χ1v) is 12.5. The summed E-state index contributed by atoms with van der Waals surface area (Å²) in [6.07, 6.45) is 0. The maximum atomic E-state index is 12.3. The van der Waals surface area contributed by atoms with E-state index in [-0.39, 0.29) is 11.3 Å². The van der Waals surface area contributed by atoms with Gasteiger partial charge in [0, 0.05) is 27.6 Å². The van der Waals surface area contributed by atoms with Gasteiger partial charge in [0.25, 0.3) is 0 Å². The number of anilines is 1. The summed E-state index contributed by atoms with van der Waals surface area (Å²) < 4.78 is 5.88. The highest BCUT2D eigenvalue weighted by atomic mass is 35.5. The van der Waals surface area contributed by atoms with Crippen LogP contribution in [0.3, 0.4) is 0 Å². The molecule has 0 aliphatic carbocycles. The Labute approximate surface area is 208 Å². The fraction of sp³-hybridized carbons (Fsp3) is 0.222. The minimum atomic E-state index is -0.0661. The van der Waals surface area contributed by atoms with E-state index in [1.54, 1.807) is 0 Å². The molecule has 0 saturated heterocycles. The van der Waals surface area contributed by atoms with Gasteiger partial charge in [0.2, 0.25) is 17.7 Å². The number of carbonyl (C=O) groups is 1. The van der Waals surface area contributed by atoms with E-state index in [2.05, 4.69) is 48.4 Å². The lowest BCUT2D eigenvalue weighted by atomic mass is 9.87. The van der Waals surface area contributed by atoms with Crippen LogP contribution in [0.1, 0.15) is 31.9 Å². The summed E-state index contributed by atoms with van der Waals surface area (Å²) in [6, 6.07) is 23.2. The standard InChI is InChI=1S/C27H26ClN3O2S/c1-27(2,3)21-12-8-18(9-13-21)25-30-31-26(33-25)19-10-14-22(15-11-19)29-24(32)17-34-16-20-6-4-5-7-23(20)28/h4-15H,16-17H2,1-3H3,(H,29,32). The van der Waals surface area contributed by atoms with Crippen LogP contribution in [-0.4, -0.2) is 21.9 Å². The Balaban J connectivity index is 1.33. The number of halogens is 1. The molecule has 0 fully saturated rings. The van der Waals surface area contributed by atoms with Crippen LogP contribution in [0.5, 0.6) is 0 Å². The van der Waals surface area contributed by atoms with E-state index in [0.717, 1.165) is 21.7 Å². The van der Waals surface area contributed by atoms with Gasteiger partial charge in [0.05, 0.1) is 5.75 Å². The number of thioether (sulfide) groups is 1. The van der Waals surface area contributed by atoms with Crippen LogP contribution in [0.25, 0.3) is 22.9 Å². The normalized spacial score (nSPS) is 11.4. The molecule has 4 aromatic rings. The lowest BCUT2D eigenvalue weighted by Gasteiger charge is -2.18. The van der Waals surface area contributed by atoms with Crippen LogP contribution in [0.2, 0.25) is 5.02 Å². The molecule has 1 heterocycles. The first kappa shape index (κ1) is 24.0. The summed E-state index contributed by atoms with van der Waals surface area (Å²) in [5.74, 6) is 1.87. The van der Waals surface area contributed by atoms with Crippen molar-refractivity contribution in [1.29, 1.82) is 0 Å². The Morgan fingerprint density at radius 2 is 1.50 bits per heavy atom. The molecule has 0 bridgehead atoms. The maximum Gasteiger partial charge on any atom is 0.248 e. The summed E-state index contributed by atoms with van der Waals surface area (Å²) >= 11 is 7.68. The molecule has 174 valence electrons. The van der Waals surface area contributed by atoms with Crippen LogP contribution in [-0.2, 0) is 16.0 Å². The number of rotatable bonds is 7. The highest BCUT2D eigenvalue weighted by Crippen LogP contribution is 2.28. The Hall–Kier alpha value is -3.09. The van der Waals surface area contributed by atoms with Gasteiger partial charge in [-0.2, -0.15) is 0 Å². The molecule has 0 radical (unpaired) electrons. The van der Waals surface area contributed by atoms with Crippen molar-refractivity contribution in [2.75, 3.05) is 11.1 Å². The van der Waals surface area contributed by atoms with E-state index in [9.17, 15) is 4.79 Å². The topological polar surface area (TPSA) is 68.0 Å². The molecule has 3 aromatic carbocycles. The first-order chi connectivity index (χ1) is 16.3. The van der Waals surface area contributed by atoms with Gasteiger partial charge in [-0.15, -0.1) is 22.0 Å². The molecule has 0 atom stereocenters. The number of benzene rings is 3. The second-order valence-electron chi connectivity index (χ2n) is 8.95. The predicted molar refractivity (Wildman–Crippen MR) is 140 cm³/mol. The molecule has 5 nitrogen and oxygen atoms in total. The molecule has 7 heteroatoms. The molecule has 0 aliphatic rings. The molecule has 0 spiro atoms. The van der Waals surface area contributed by atoms with Crippen molar-refractivity contribution in [2.45, 2.75) is 31.9 Å². The maximum absolute atomic E-state index is 12.3. The number of hydrogen-bond acceptors (Lipinski definition) is 5. The Morgan fingerprint density at radius 1 is 0.912 bits per heavy atom. The lowest BCUT2D eigenvalue weighted by Crippen LogP contribution is -2.14. The van der Waals surface area contributed by atoms with Gasteiger partial charge in [-0.1, -0.05) is 62.7 Å². The van der Waals surface area contributed by atoms with Crippen LogP contribution >= 0.6 is 23.4 Å². The summed E-state index contributed by atoms with van der Waals surface area (Å²) in [6.45, 7) is 6.54. The van der Waals surface area contributed by atoms with E-state index in [1.165, 1.54) is 17.3 Å². The Morgan fingerprint density at radius 3 is 2.09 bits per heavy atom. The molecule has 0 aliphatic heterocycles. The van der Waals surface area contributed by atoms with E-state index in [1.807, 2.05) is 60.7 Å². The minimum Gasteiger partial charge on any atom is -0.416 e. The monoisotopic (exact) mass is 491 g/mol. The van der Waals surface area contributed by atoms with Crippen LogP contribution in [0.4, 0.5) is 5.69 Å². The zero-order valence-electron chi connectivity index (χ0n) is 19.3. The Kier molecular flexibility index (Phi) is 7.39. The fourth-order valence-electron chi connectivity index (χ4n) is 3.33. The predicted octanol–water partition coefficient (Wildman–Crippen LogP) is 7.23. The number of hydrogen-bond donors (Lipinski definition) is 1. The van der Waals surface area contributed by atoms with Crippen molar-refractivity contribution in [2.24, 2.45) is 0 Å². The molecule has 1 N–H and O–H groups in total. The largest absolute Gasteiger partial charge is 0.416 e. The third-order valence-electron chi connectivity index (χ3n) is 5.29. The number of nitrogens with one attached hydrogen (secondary N) is 1. The van der Waals surface area contributed by atoms with Crippen molar-refractivity contribution in [3.05, 3.63) is 88.9 Å². The number of amides is 1. The average molecular weight is 492 g/mol. The summed E-state index contributed by atoms with van der Waals surface area (Å²) in [5, 5.41) is 12.0. The van der Waals surface area contributed by atoms with Crippen molar-refractivity contribution >= 4 is 35.0 Å². The van der Waals surface area contributed by atoms with Gasteiger partial charge >= 0.3 is 0 Å². The molecule has 1 aromatic heterocycles. The first-order valence-electron chi connectivity index (χ1n) is 11.0. The van der Waals surface area contributed by atoms with Crippen LogP contribution in [0.15, 0.2) is 77.2 Å². The average Bonchev–Trinajstić information content (AvgIpc) is 3.31. The highest BCUT2D eigenvalue weighted by molar-refractivity contribution is 7.99. The second-order valence-corrected chi connectivity index (χ2v) is 10.3. The smallest absolute Gasteiger partial charge is 0.248 e. The quantitative estimate of drug-likeness (QED) is 0.295. The van der Waals surface area contributed by atoms with E-state index >= 15 is 0 Å². The van der Waals surface area contributed by atoms with Gasteiger partial charge < -0.3 is 9.73 Å². The van der Waals surface area contributed by atoms with Gasteiger partial charge in [0.1, 0.15) is 0 Å². The van der Waals surface area contributed by atoms with Crippen molar-refractivity contribution in [3.63, 3.8) is 0 Å². The molecule has 34 heavy (non-hydrogen) atoms. The number of aromatic nitrogens is 2. The van der Waals surface area contributed by atoms with E-state index in [4.69, 9.17) is 16.0 Å². The Bertz CT molecular complexity index is 1260. The van der Waals surface area contributed by atoms with Crippen LogP contribution < -0.4 is 5.32 Å². The number of nitrogens with zero attached hydrogens (tertiary/aromatic N) is 2. The lowest BCUT2D eigenvalue weighted by molar-refractivity contribution is -0.113. The van der Waals surface area contributed by atoms with Gasteiger partial charge in [0.15, 0.2) is 0 Å². The number of carbonyl (C=O) groups excluding carboxylic acids is 1. The molecule has 0 saturated carbocycles. The van der Waals surface area contributed by atoms with Crippen molar-refractivity contribution in [3.8, 4) is 22.9 Å².